The second kappa shape index (κ2) is 4.24. The molecule has 5 heteroatoms. The Kier molecular flexibility index (Phi) is 2.68. The van der Waals surface area contributed by atoms with E-state index >= 15 is 0 Å². The van der Waals surface area contributed by atoms with Gasteiger partial charge in [0.15, 0.2) is 0 Å². The molecule has 3 nitrogen and oxygen atoms in total. The van der Waals surface area contributed by atoms with Crippen LogP contribution in [-0.4, -0.2) is 9.55 Å². The first-order valence-corrected chi connectivity index (χ1v) is 6.14. The molecular weight excluding hydrogens is 265 g/mol. The maximum absolute atomic E-state index is 14.0. The molecule has 19 heavy (non-hydrogen) atoms. The van der Waals surface area contributed by atoms with Gasteiger partial charge in [0.2, 0.25) is 5.95 Å². The van der Waals surface area contributed by atoms with Gasteiger partial charge in [-0.05, 0) is 42.8 Å². The molecule has 1 heterocycles. The molecule has 0 atom stereocenters. The number of imidazole rings is 1. The quantitative estimate of drug-likeness (QED) is 0.736. The van der Waals surface area contributed by atoms with Crippen LogP contribution in [0.25, 0.3) is 16.7 Å². The molecule has 3 aromatic rings. The molecule has 0 saturated carbocycles. The van der Waals surface area contributed by atoms with Gasteiger partial charge in [0.05, 0.1) is 16.7 Å². The summed E-state index contributed by atoms with van der Waals surface area (Å²) in [6.45, 7) is 1.96. The number of hydrogen-bond acceptors (Lipinski definition) is 2. The Labute approximate surface area is 114 Å². The molecule has 0 aliphatic carbocycles. The van der Waals surface area contributed by atoms with E-state index in [1.807, 2.05) is 25.1 Å². The van der Waals surface area contributed by atoms with Crippen molar-refractivity contribution in [2.45, 2.75) is 6.92 Å². The van der Waals surface area contributed by atoms with Crippen LogP contribution in [0.1, 0.15) is 5.56 Å². The largest absolute Gasteiger partial charge is 0.369 e. The molecule has 2 N–H and O–H groups in total. The maximum Gasteiger partial charge on any atom is 0.206 e. The fraction of sp³-hybridized carbons (Fsp3) is 0.0714. The van der Waals surface area contributed by atoms with Crippen LogP contribution in [0.4, 0.5) is 10.3 Å². The second-order valence-corrected chi connectivity index (χ2v) is 4.83. The van der Waals surface area contributed by atoms with Crippen LogP contribution in [-0.2, 0) is 0 Å². The third-order valence-corrected chi connectivity index (χ3v) is 3.22. The number of nitrogen functional groups attached to an aromatic ring is 1. The number of halogens is 2. The first kappa shape index (κ1) is 12.0. The molecule has 0 unspecified atom stereocenters. The van der Waals surface area contributed by atoms with E-state index in [2.05, 4.69) is 4.98 Å². The van der Waals surface area contributed by atoms with Crippen molar-refractivity contribution < 1.29 is 4.39 Å². The van der Waals surface area contributed by atoms with Crippen molar-refractivity contribution in [1.29, 1.82) is 0 Å². The summed E-state index contributed by atoms with van der Waals surface area (Å²) in [5.74, 6) is -0.179. The number of hydrogen-bond donors (Lipinski definition) is 1. The first-order valence-electron chi connectivity index (χ1n) is 5.76. The topological polar surface area (TPSA) is 43.8 Å². The zero-order valence-corrected chi connectivity index (χ0v) is 10.9. The second-order valence-electron chi connectivity index (χ2n) is 4.39. The third kappa shape index (κ3) is 1.94. The molecule has 0 saturated heterocycles. The average Bonchev–Trinajstić information content (AvgIpc) is 2.65. The van der Waals surface area contributed by atoms with Crippen LogP contribution in [0.5, 0.6) is 0 Å². The molecule has 2 aromatic carbocycles. The van der Waals surface area contributed by atoms with Crippen LogP contribution < -0.4 is 5.73 Å². The van der Waals surface area contributed by atoms with Gasteiger partial charge in [-0.2, -0.15) is 0 Å². The summed E-state index contributed by atoms with van der Waals surface area (Å²) < 4.78 is 15.6. The number of nitrogens with two attached hydrogens (primary N) is 1. The smallest absolute Gasteiger partial charge is 0.206 e. The Balaban J connectivity index is 2.35. The molecule has 0 aliphatic rings. The predicted octanol–water partition coefficient (Wildman–Crippen LogP) is 3.71. The summed E-state index contributed by atoms with van der Waals surface area (Å²) in [5.41, 5.74) is 8.81. The number of rotatable bonds is 1. The van der Waals surface area contributed by atoms with Crippen molar-refractivity contribution in [3.05, 3.63) is 52.8 Å². The fourth-order valence-electron chi connectivity index (χ4n) is 2.12. The van der Waals surface area contributed by atoms with E-state index in [0.717, 1.165) is 16.6 Å². The Morgan fingerprint density at radius 2 is 2.00 bits per heavy atom. The highest BCUT2D eigenvalue weighted by Gasteiger charge is 2.13. The number of nitrogens with zero attached hydrogens (tertiary/aromatic N) is 2. The van der Waals surface area contributed by atoms with Gasteiger partial charge < -0.3 is 5.73 Å². The van der Waals surface area contributed by atoms with Crippen molar-refractivity contribution in [3.8, 4) is 5.69 Å². The molecule has 0 bridgehead atoms. The van der Waals surface area contributed by atoms with Crippen LogP contribution in [0.15, 0.2) is 36.4 Å². The van der Waals surface area contributed by atoms with Crippen LogP contribution in [0, 0.1) is 12.7 Å². The minimum atomic E-state index is -0.431. The van der Waals surface area contributed by atoms with Gasteiger partial charge in [-0.25, -0.2) is 9.37 Å². The normalized spacial score (nSPS) is 11.1. The molecule has 1 aromatic heterocycles. The molecule has 0 fully saturated rings. The van der Waals surface area contributed by atoms with Gasteiger partial charge in [0.1, 0.15) is 5.82 Å². The van der Waals surface area contributed by atoms with E-state index in [1.165, 1.54) is 6.07 Å². The van der Waals surface area contributed by atoms with Crippen molar-refractivity contribution in [2.75, 3.05) is 5.73 Å². The van der Waals surface area contributed by atoms with E-state index in [1.54, 1.807) is 16.7 Å². The highest BCUT2D eigenvalue weighted by Crippen LogP contribution is 2.26. The first-order chi connectivity index (χ1) is 9.06. The lowest BCUT2D eigenvalue weighted by Crippen LogP contribution is -2.02. The highest BCUT2D eigenvalue weighted by molar-refractivity contribution is 6.30. The Bertz CT molecular complexity index is 780. The SMILES string of the molecule is Cc1ccc2nc(N)n(-c3ccc(Cl)cc3F)c2c1. The van der Waals surface area contributed by atoms with Crippen LogP contribution in [0.3, 0.4) is 0 Å². The molecular formula is C14H11ClFN3. The van der Waals surface area contributed by atoms with Gasteiger partial charge in [-0.15, -0.1) is 0 Å². The van der Waals surface area contributed by atoms with Gasteiger partial charge in [-0.3, -0.25) is 4.57 Å². The van der Waals surface area contributed by atoms with E-state index in [0.29, 0.717) is 10.7 Å². The zero-order chi connectivity index (χ0) is 13.6. The summed E-state index contributed by atoms with van der Waals surface area (Å²) in [5, 5.41) is 0.348. The number of aromatic nitrogens is 2. The Morgan fingerprint density at radius 3 is 2.74 bits per heavy atom. The van der Waals surface area contributed by atoms with E-state index < -0.39 is 5.82 Å². The monoisotopic (exact) mass is 275 g/mol. The van der Waals surface area contributed by atoms with Gasteiger partial charge in [-0.1, -0.05) is 17.7 Å². The lowest BCUT2D eigenvalue weighted by atomic mass is 10.2. The fourth-order valence-corrected chi connectivity index (χ4v) is 2.28. The molecule has 0 radical (unpaired) electrons. The van der Waals surface area contributed by atoms with Crippen LogP contribution in [0.2, 0.25) is 5.02 Å². The molecule has 3 rings (SSSR count). The van der Waals surface area contributed by atoms with E-state index in [9.17, 15) is 4.39 Å². The summed E-state index contributed by atoms with van der Waals surface area (Å²) >= 11 is 5.77. The van der Waals surface area contributed by atoms with Crippen molar-refractivity contribution in [1.82, 2.24) is 9.55 Å². The Morgan fingerprint density at radius 1 is 1.21 bits per heavy atom. The zero-order valence-electron chi connectivity index (χ0n) is 10.2. The lowest BCUT2D eigenvalue weighted by molar-refractivity contribution is 0.620. The lowest BCUT2D eigenvalue weighted by Gasteiger charge is -2.08. The number of anilines is 1. The molecule has 96 valence electrons. The minimum absolute atomic E-state index is 0.252. The van der Waals surface area contributed by atoms with Gasteiger partial charge in [0, 0.05) is 5.02 Å². The molecule has 0 amide bonds. The Hall–Kier alpha value is -2.07. The standard InChI is InChI=1S/C14H11ClFN3/c1-8-2-4-11-13(6-8)19(14(17)18-11)12-5-3-9(15)7-10(12)16/h2-7H,1H3,(H2,17,18). The van der Waals surface area contributed by atoms with Gasteiger partial charge >= 0.3 is 0 Å². The number of fused-ring (bicyclic) bond motifs is 1. The molecule has 0 aliphatic heterocycles. The van der Waals surface area contributed by atoms with E-state index in [4.69, 9.17) is 17.3 Å². The minimum Gasteiger partial charge on any atom is -0.369 e. The average molecular weight is 276 g/mol. The summed E-state index contributed by atoms with van der Waals surface area (Å²) in [4.78, 5) is 4.24. The summed E-state index contributed by atoms with van der Waals surface area (Å²) in [7, 11) is 0. The van der Waals surface area contributed by atoms with Crippen molar-refractivity contribution >= 4 is 28.6 Å². The van der Waals surface area contributed by atoms with Crippen molar-refractivity contribution in [3.63, 3.8) is 0 Å². The predicted molar refractivity (Wildman–Crippen MR) is 75.2 cm³/mol. The van der Waals surface area contributed by atoms with Gasteiger partial charge in [0.25, 0.3) is 0 Å². The van der Waals surface area contributed by atoms with Crippen LogP contribution >= 0.6 is 11.6 Å². The summed E-state index contributed by atoms with van der Waals surface area (Å²) in [6.07, 6.45) is 0. The third-order valence-electron chi connectivity index (χ3n) is 2.99. The van der Waals surface area contributed by atoms with Crippen molar-refractivity contribution in [2.24, 2.45) is 0 Å². The number of benzene rings is 2. The molecule has 0 spiro atoms. The maximum atomic E-state index is 14.0. The highest BCUT2D eigenvalue weighted by atomic mass is 35.5. The summed E-state index contributed by atoms with van der Waals surface area (Å²) in [6, 6.07) is 10.2. The number of aryl methyl sites for hydroxylation is 1. The van der Waals surface area contributed by atoms with E-state index in [-0.39, 0.29) is 5.95 Å².